The minimum absolute atomic E-state index is 1.17. The minimum atomic E-state index is 1.17. The van der Waals surface area contributed by atoms with Crippen molar-refractivity contribution in [2.24, 2.45) is 0 Å². The van der Waals surface area contributed by atoms with Crippen LogP contribution in [-0.2, 0) is 0 Å². The molecular weight excluding hydrogens is 556 g/mol. The Balaban J connectivity index is 1.20. The molecule has 212 valence electrons. The predicted octanol–water partition coefficient (Wildman–Crippen LogP) is 11.8. The molecule has 0 radical (unpaired) electrons. The lowest BCUT2D eigenvalue weighted by Gasteiger charge is -2.13. The van der Waals surface area contributed by atoms with E-state index in [4.69, 9.17) is 0 Å². The third kappa shape index (κ3) is 3.05. The molecule has 0 atom stereocenters. The van der Waals surface area contributed by atoms with Gasteiger partial charge in [-0.25, -0.2) is 0 Å². The molecule has 0 unspecified atom stereocenters. The highest BCUT2D eigenvalue weighted by Gasteiger charge is 2.23. The van der Waals surface area contributed by atoms with Gasteiger partial charge in [0, 0.05) is 32.9 Å². The lowest BCUT2D eigenvalue weighted by Crippen LogP contribution is -1.96. The van der Waals surface area contributed by atoms with Crippen molar-refractivity contribution < 1.29 is 0 Å². The highest BCUT2D eigenvalue weighted by Crippen LogP contribution is 2.48. The summed E-state index contributed by atoms with van der Waals surface area (Å²) in [6, 6.07) is 58.2. The van der Waals surface area contributed by atoms with E-state index in [0.717, 1.165) is 0 Å². The molecule has 2 heterocycles. The number of hydrogen-bond acceptors (Lipinski definition) is 0. The Bertz CT molecular complexity index is 2920. The topological polar surface area (TPSA) is 9.86 Å². The maximum absolute atomic E-state index is 2.46. The van der Waals surface area contributed by atoms with Gasteiger partial charge in [0.2, 0.25) is 0 Å². The number of nitrogens with zero attached hydrogens (tertiary/aromatic N) is 2. The van der Waals surface area contributed by atoms with Crippen molar-refractivity contribution in [2.75, 3.05) is 0 Å². The summed E-state index contributed by atoms with van der Waals surface area (Å²) in [6.07, 6.45) is 0. The van der Waals surface area contributed by atoms with Gasteiger partial charge in [-0.05, 0) is 92.3 Å². The van der Waals surface area contributed by atoms with Gasteiger partial charge in [0.15, 0.2) is 0 Å². The van der Waals surface area contributed by atoms with Gasteiger partial charge >= 0.3 is 0 Å². The number of rotatable bonds is 2. The molecule has 0 amide bonds. The Morgan fingerprint density at radius 2 is 0.891 bits per heavy atom. The lowest BCUT2D eigenvalue weighted by molar-refractivity contribution is 1.17. The zero-order valence-electron chi connectivity index (χ0n) is 24.9. The van der Waals surface area contributed by atoms with E-state index < -0.39 is 0 Å². The zero-order chi connectivity index (χ0) is 29.9. The van der Waals surface area contributed by atoms with Crippen molar-refractivity contribution in [3.8, 4) is 33.6 Å². The van der Waals surface area contributed by atoms with Crippen LogP contribution in [0.4, 0.5) is 0 Å². The first-order valence-electron chi connectivity index (χ1n) is 15.9. The van der Waals surface area contributed by atoms with Gasteiger partial charge in [-0.15, -0.1) is 0 Å². The quantitative estimate of drug-likeness (QED) is 0.192. The number of hydrogen-bond donors (Lipinski definition) is 0. The van der Waals surface area contributed by atoms with E-state index in [1.165, 1.54) is 98.8 Å². The summed E-state index contributed by atoms with van der Waals surface area (Å²) in [7, 11) is 0. The highest BCUT2D eigenvalue weighted by molar-refractivity contribution is 6.22. The first-order valence-corrected chi connectivity index (χ1v) is 15.9. The molecule has 0 fully saturated rings. The van der Waals surface area contributed by atoms with E-state index in [1.54, 1.807) is 0 Å². The fraction of sp³-hybridized carbons (Fsp3) is 0. The fourth-order valence-corrected chi connectivity index (χ4v) is 8.33. The van der Waals surface area contributed by atoms with Crippen LogP contribution in [0.25, 0.3) is 98.8 Å². The second kappa shape index (κ2) is 8.74. The average molecular weight is 583 g/mol. The van der Waals surface area contributed by atoms with Crippen LogP contribution >= 0.6 is 0 Å². The summed E-state index contributed by atoms with van der Waals surface area (Å²) in [4.78, 5) is 0. The van der Waals surface area contributed by atoms with E-state index in [2.05, 4.69) is 167 Å². The molecule has 10 aromatic rings. The van der Waals surface area contributed by atoms with Gasteiger partial charge in [0.1, 0.15) is 0 Å². The monoisotopic (exact) mass is 582 g/mol. The second-order valence-electron chi connectivity index (χ2n) is 12.5. The SMILES string of the molecule is c1ccc2c(c1)-c1cccc3cc(-n4c5ccccc5c5cc(-n6c7ccccc7c7c8ccccc8ccc76)ccc54)cc-2c13. The molecule has 11 rings (SSSR count). The summed E-state index contributed by atoms with van der Waals surface area (Å²) in [5, 5.41) is 10.3. The predicted molar refractivity (Wildman–Crippen MR) is 195 cm³/mol. The van der Waals surface area contributed by atoms with E-state index >= 15 is 0 Å². The van der Waals surface area contributed by atoms with Crippen LogP contribution in [-0.4, -0.2) is 9.13 Å². The van der Waals surface area contributed by atoms with Gasteiger partial charge in [0.25, 0.3) is 0 Å². The molecule has 1 aliphatic rings. The fourth-order valence-electron chi connectivity index (χ4n) is 8.33. The van der Waals surface area contributed by atoms with E-state index in [0.29, 0.717) is 0 Å². The van der Waals surface area contributed by atoms with Crippen LogP contribution in [0, 0.1) is 0 Å². The molecule has 0 spiro atoms. The van der Waals surface area contributed by atoms with Crippen LogP contribution in [0.3, 0.4) is 0 Å². The molecule has 2 aromatic heterocycles. The van der Waals surface area contributed by atoms with Gasteiger partial charge in [-0.3, -0.25) is 0 Å². The third-order valence-electron chi connectivity index (χ3n) is 10.2. The molecule has 0 saturated carbocycles. The molecular formula is C44H26N2. The van der Waals surface area contributed by atoms with E-state index in [9.17, 15) is 0 Å². The Morgan fingerprint density at radius 1 is 0.283 bits per heavy atom. The number of fused-ring (bicyclic) bond motifs is 11. The summed E-state index contributed by atoms with van der Waals surface area (Å²) < 4.78 is 4.90. The summed E-state index contributed by atoms with van der Waals surface area (Å²) in [6.45, 7) is 0. The summed E-state index contributed by atoms with van der Waals surface area (Å²) in [5.74, 6) is 0. The molecule has 0 bridgehead atoms. The molecule has 46 heavy (non-hydrogen) atoms. The van der Waals surface area contributed by atoms with Crippen LogP contribution in [0.1, 0.15) is 0 Å². The number of benzene rings is 8. The van der Waals surface area contributed by atoms with Gasteiger partial charge in [0.05, 0.1) is 22.1 Å². The average Bonchev–Trinajstić information content (AvgIpc) is 3.75. The largest absolute Gasteiger partial charge is 0.309 e. The smallest absolute Gasteiger partial charge is 0.0547 e. The van der Waals surface area contributed by atoms with Crippen LogP contribution in [0.2, 0.25) is 0 Å². The Hall–Kier alpha value is -6.12. The zero-order valence-corrected chi connectivity index (χ0v) is 24.9. The maximum atomic E-state index is 2.46. The Labute approximate surface area is 265 Å². The lowest BCUT2D eigenvalue weighted by atomic mass is 10.0. The van der Waals surface area contributed by atoms with Crippen molar-refractivity contribution in [3.05, 3.63) is 158 Å². The van der Waals surface area contributed by atoms with Crippen molar-refractivity contribution in [1.29, 1.82) is 0 Å². The van der Waals surface area contributed by atoms with Crippen molar-refractivity contribution >= 4 is 65.2 Å². The second-order valence-corrected chi connectivity index (χ2v) is 12.5. The molecule has 8 aromatic carbocycles. The molecule has 0 aliphatic heterocycles. The van der Waals surface area contributed by atoms with Crippen LogP contribution in [0.5, 0.6) is 0 Å². The van der Waals surface area contributed by atoms with Gasteiger partial charge in [-0.2, -0.15) is 0 Å². The standard InChI is InChI=1S/C44H26N2/c1-2-12-31-27(10-1)20-22-42-44(31)36-16-6-8-19-40(36)45(42)29-21-23-41-37(25-29)34-15-5-7-18-39(34)46(41)30-24-28-11-9-17-35-32-13-3-4-14-33(32)38(26-30)43(28)35/h1-26H. The Kier molecular flexibility index (Phi) is 4.61. The number of aromatic nitrogens is 2. The first-order chi connectivity index (χ1) is 22.8. The minimum Gasteiger partial charge on any atom is -0.309 e. The summed E-state index contributed by atoms with van der Waals surface area (Å²) in [5.41, 5.74) is 12.6. The third-order valence-corrected chi connectivity index (χ3v) is 10.2. The first kappa shape index (κ1) is 24.2. The highest BCUT2D eigenvalue weighted by atomic mass is 15.0. The maximum Gasteiger partial charge on any atom is 0.0547 e. The molecule has 0 N–H and O–H groups in total. The molecule has 2 heteroatoms. The van der Waals surface area contributed by atoms with Crippen molar-refractivity contribution in [1.82, 2.24) is 9.13 Å². The number of para-hydroxylation sites is 2. The van der Waals surface area contributed by atoms with E-state index in [-0.39, 0.29) is 0 Å². The van der Waals surface area contributed by atoms with Gasteiger partial charge in [-0.1, -0.05) is 109 Å². The summed E-state index contributed by atoms with van der Waals surface area (Å²) >= 11 is 0. The van der Waals surface area contributed by atoms with E-state index in [1.807, 2.05) is 0 Å². The normalized spacial score (nSPS) is 12.3. The molecule has 1 aliphatic carbocycles. The van der Waals surface area contributed by atoms with Crippen molar-refractivity contribution in [2.45, 2.75) is 0 Å². The van der Waals surface area contributed by atoms with Gasteiger partial charge < -0.3 is 9.13 Å². The Morgan fingerprint density at radius 3 is 1.76 bits per heavy atom. The van der Waals surface area contributed by atoms with Crippen LogP contribution < -0.4 is 0 Å². The van der Waals surface area contributed by atoms with Crippen LogP contribution in [0.15, 0.2) is 158 Å². The molecule has 0 saturated heterocycles. The van der Waals surface area contributed by atoms with Crippen molar-refractivity contribution in [3.63, 3.8) is 0 Å². The molecule has 2 nitrogen and oxygen atoms in total.